The normalized spacial score (nSPS) is 26.8. The monoisotopic (exact) mass is 582 g/mol. The molecule has 5 rings (SSSR count). The highest BCUT2D eigenvalue weighted by atomic mass is 32.2. The van der Waals surface area contributed by atoms with Gasteiger partial charge in [0.15, 0.2) is 28.2 Å². The van der Waals surface area contributed by atoms with Gasteiger partial charge in [0.1, 0.15) is 16.4 Å². The Hall–Kier alpha value is -2.45. The van der Waals surface area contributed by atoms with Gasteiger partial charge >= 0.3 is 10.1 Å². The Morgan fingerprint density at radius 1 is 0.842 bits per heavy atom. The lowest BCUT2D eigenvalue weighted by Crippen LogP contribution is -2.50. The number of fused-ring (bicyclic) bond motifs is 2. The second-order valence-corrected chi connectivity index (χ2v) is 13.3. The molecule has 3 saturated carbocycles. The molecule has 14 heteroatoms. The molecule has 3 bridgehead atoms. The number of ether oxygens (including phenoxy) is 1. The van der Waals surface area contributed by atoms with E-state index in [-0.39, 0.29) is 12.0 Å². The minimum atomic E-state index is -5.62. The smallest absolute Gasteiger partial charge is 0.345 e. The van der Waals surface area contributed by atoms with Gasteiger partial charge in [-0.1, -0.05) is 12.8 Å². The van der Waals surface area contributed by atoms with E-state index in [9.17, 15) is 43.3 Å². The van der Waals surface area contributed by atoms with Gasteiger partial charge in [-0.15, -0.1) is 0 Å². The van der Waals surface area contributed by atoms with E-state index >= 15 is 0 Å². The quantitative estimate of drug-likeness (QED) is 0.154. The number of benzene rings is 2. The molecule has 2 aromatic carbocycles. The Labute approximate surface area is 215 Å². The van der Waals surface area contributed by atoms with Gasteiger partial charge in [-0.3, -0.25) is 4.55 Å². The highest BCUT2D eigenvalue weighted by Gasteiger charge is 2.52. The third-order valence-electron chi connectivity index (χ3n) is 8.10. The molecule has 3 fully saturated rings. The van der Waals surface area contributed by atoms with E-state index in [2.05, 4.69) is 4.18 Å². The summed E-state index contributed by atoms with van der Waals surface area (Å²) in [5.74, 6) is -12.6. The molecule has 0 spiro atoms. The van der Waals surface area contributed by atoms with Crippen LogP contribution < -0.4 is 8.92 Å². The van der Waals surface area contributed by atoms with Crippen molar-refractivity contribution in [3.05, 3.63) is 47.3 Å². The van der Waals surface area contributed by atoms with Crippen LogP contribution in [0, 0.1) is 52.3 Å². The van der Waals surface area contributed by atoms with Crippen LogP contribution in [0.1, 0.15) is 44.9 Å². The van der Waals surface area contributed by atoms with Crippen molar-refractivity contribution in [3.63, 3.8) is 0 Å². The Morgan fingerprint density at radius 2 is 1.39 bits per heavy atom. The summed E-state index contributed by atoms with van der Waals surface area (Å²) in [6, 6.07) is 2.25. The average molecular weight is 583 g/mol. The summed E-state index contributed by atoms with van der Waals surface area (Å²) in [4.78, 5) is -2.91. The van der Waals surface area contributed by atoms with Gasteiger partial charge in [-0.05, 0) is 62.0 Å². The first-order chi connectivity index (χ1) is 17.7. The molecule has 3 aliphatic rings. The first-order valence-electron chi connectivity index (χ1n) is 11.9. The molecule has 2 atom stereocenters. The van der Waals surface area contributed by atoms with Gasteiger partial charge in [-0.2, -0.15) is 16.8 Å². The molecule has 2 unspecified atom stereocenters. The lowest BCUT2D eigenvalue weighted by Gasteiger charge is -2.56. The molecule has 0 aromatic heterocycles. The van der Waals surface area contributed by atoms with Crippen LogP contribution in [0.3, 0.4) is 0 Å². The third-order valence-corrected chi connectivity index (χ3v) is 10.3. The van der Waals surface area contributed by atoms with Crippen molar-refractivity contribution >= 4 is 20.2 Å². The van der Waals surface area contributed by atoms with Crippen LogP contribution in [0.5, 0.6) is 11.5 Å². The second-order valence-electron chi connectivity index (χ2n) is 10.4. The van der Waals surface area contributed by atoms with Gasteiger partial charge in [0.25, 0.3) is 10.1 Å². The molecule has 1 N–H and O–H groups in total. The fourth-order valence-corrected chi connectivity index (χ4v) is 8.24. The van der Waals surface area contributed by atoms with Crippen molar-refractivity contribution in [1.29, 1.82) is 0 Å². The number of hydrogen-bond acceptors (Lipinski definition) is 6. The Balaban J connectivity index is 1.47. The van der Waals surface area contributed by atoms with Gasteiger partial charge in [0.2, 0.25) is 5.82 Å². The maximum atomic E-state index is 14.1. The predicted octanol–water partition coefficient (Wildman–Crippen LogP) is 5.38. The maximum Gasteiger partial charge on any atom is 0.345 e. The molecule has 2 aromatic rings. The molecule has 0 aliphatic heterocycles. The van der Waals surface area contributed by atoms with Crippen molar-refractivity contribution in [2.75, 3.05) is 6.61 Å². The van der Waals surface area contributed by atoms with Crippen LogP contribution in [0.15, 0.2) is 28.0 Å². The number of rotatable bonds is 7. The van der Waals surface area contributed by atoms with Crippen molar-refractivity contribution < 1.29 is 52.3 Å². The topological polar surface area (TPSA) is 107 Å². The molecular formula is C24H23F5O7S2. The fraction of sp³-hybridized carbons (Fsp3) is 0.500. The zero-order chi connectivity index (χ0) is 27.6. The van der Waals surface area contributed by atoms with E-state index < -0.39 is 70.6 Å². The van der Waals surface area contributed by atoms with Crippen molar-refractivity contribution in [2.24, 2.45) is 23.2 Å². The van der Waals surface area contributed by atoms with E-state index in [1.54, 1.807) is 0 Å². The molecule has 7 nitrogen and oxygen atoms in total. The Kier molecular flexibility index (Phi) is 6.66. The molecule has 0 saturated heterocycles. The lowest BCUT2D eigenvalue weighted by molar-refractivity contribution is -0.0822. The third kappa shape index (κ3) is 4.64. The van der Waals surface area contributed by atoms with Crippen LogP contribution >= 0.6 is 0 Å². The zero-order valence-electron chi connectivity index (χ0n) is 19.7. The van der Waals surface area contributed by atoms with Crippen molar-refractivity contribution in [3.8, 4) is 11.5 Å². The van der Waals surface area contributed by atoms with Gasteiger partial charge in [0, 0.05) is 11.5 Å². The van der Waals surface area contributed by atoms with Crippen LogP contribution in [0.25, 0.3) is 0 Å². The van der Waals surface area contributed by atoms with Gasteiger partial charge in [0.05, 0.1) is 6.61 Å². The van der Waals surface area contributed by atoms with Gasteiger partial charge < -0.3 is 8.92 Å². The summed E-state index contributed by atoms with van der Waals surface area (Å²) in [6.07, 6.45) is 7.14. The summed E-state index contributed by atoms with van der Waals surface area (Å²) in [5.41, 5.74) is -0.223. The molecule has 3 aliphatic carbocycles. The maximum absolute atomic E-state index is 14.1. The summed E-state index contributed by atoms with van der Waals surface area (Å²) < 4.78 is 138. The highest BCUT2D eigenvalue weighted by molar-refractivity contribution is 7.87. The Morgan fingerprint density at radius 3 is 1.95 bits per heavy atom. The summed E-state index contributed by atoms with van der Waals surface area (Å²) in [5, 5.41) is 0. The first-order valence-corrected chi connectivity index (χ1v) is 14.8. The van der Waals surface area contributed by atoms with E-state index in [1.807, 2.05) is 0 Å². The zero-order valence-corrected chi connectivity index (χ0v) is 21.4. The SMILES string of the molecule is O=S(=O)(O)c1ccc(OS(=O)(=O)c2c(F)c(F)c(F)c(F)c2F)cc1OCC12CC3CCC1CCC(C3)C2. The standard InChI is InChI=1S/C24H23F5O7S2/c25-18-19(26)21(28)23(22(29)20(18)27)38(33,34)36-15-5-6-17(37(30,31)32)16(8-15)35-11-24-9-12-1-3-14(24)4-2-13(7-12)10-24/h5-6,8,12-14H,1-4,7,9-11H2,(H,30,31,32). The Bertz CT molecular complexity index is 1470. The molecule has 38 heavy (non-hydrogen) atoms. The molecule has 0 radical (unpaired) electrons. The summed E-state index contributed by atoms with van der Waals surface area (Å²) >= 11 is 0. The summed E-state index contributed by atoms with van der Waals surface area (Å²) in [7, 11) is -10.5. The van der Waals surface area contributed by atoms with Crippen molar-refractivity contribution in [2.45, 2.75) is 54.7 Å². The minimum Gasteiger partial charge on any atom is -0.491 e. The number of halogens is 5. The van der Waals surface area contributed by atoms with Crippen LogP contribution in [-0.2, 0) is 20.2 Å². The van der Waals surface area contributed by atoms with E-state index in [0.29, 0.717) is 17.8 Å². The average Bonchev–Trinajstić information content (AvgIpc) is 2.83. The second kappa shape index (κ2) is 9.33. The van der Waals surface area contributed by atoms with E-state index in [0.717, 1.165) is 63.1 Å². The van der Waals surface area contributed by atoms with Crippen LogP contribution in [0.2, 0.25) is 0 Å². The van der Waals surface area contributed by atoms with E-state index in [4.69, 9.17) is 4.74 Å². The minimum absolute atomic E-state index is 0.0844. The van der Waals surface area contributed by atoms with Crippen molar-refractivity contribution in [1.82, 2.24) is 0 Å². The molecule has 0 amide bonds. The van der Waals surface area contributed by atoms with Crippen LogP contribution in [-0.4, -0.2) is 28.0 Å². The highest BCUT2D eigenvalue weighted by Crippen LogP contribution is 2.59. The largest absolute Gasteiger partial charge is 0.491 e. The molecular weight excluding hydrogens is 559 g/mol. The summed E-state index contributed by atoms with van der Waals surface area (Å²) in [6.45, 7) is 0.0844. The van der Waals surface area contributed by atoms with Gasteiger partial charge in [-0.25, -0.2) is 22.0 Å². The predicted molar refractivity (Wildman–Crippen MR) is 121 cm³/mol. The first kappa shape index (κ1) is 27.1. The molecule has 0 heterocycles. The van der Waals surface area contributed by atoms with Crippen LogP contribution in [0.4, 0.5) is 22.0 Å². The number of hydrogen-bond donors (Lipinski definition) is 1. The lowest BCUT2D eigenvalue weighted by atomic mass is 9.50. The fourth-order valence-electron chi connectivity index (χ4n) is 6.57. The molecule has 208 valence electrons. The van der Waals surface area contributed by atoms with E-state index in [1.165, 1.54) is 0 Å².